The van der Waals surface area contributed by atoms with Crippen LogP contribution in [0.3, 0.4) is 0 Å². The minimum absolute atomic E-state index is 0. The number of benzene rings is 12. The minimum atomic E-state index is 0. The van der Waals surface area contributed by atoms with E-state index in [9.17, 15) is 0 Å². The summed E-state index contributed by atoms with van der Waals surface area (Å²) in [4.78, 5) is 42.5. The van der Waals surface area contributed by atoms with Gasteiger partial charge in [0.05, 0.1) is 39.4 Å². The number of aliphatic imine (C=N–C) groups is 6. The van der Waals surface area contributed by atoms with Gasteiger partial charge in [-0.3, -0.25) is 0 Å². The maximum Gasteiger partial charge on any atom is 2.00 e. The Hall–Kier alpha value is -9.34. The second kappa shape index (κ2) is 72.6. The van der Waals surface area contributed by atoms with Crippen molar-refractivity contribution in [1.82, 2.24) is 0 Å². The third-order valence-corrected chi connectivity index (χ3v) is 18.7. The van der Waals surface area contributed by atoms with Crippen LogP contribution in [-0.4, -0.2) is 40.3 Å². The monoisotopic (exact) mass is 2950 g/mol. The Bertz CT molecular complexity index is 4600. The number of hydrogen-bond acceptors (Lipinski definition) is 6. The van der Waals surface area contributed by atoms with E-state index in [0.29, 0.717) is 0 Å². The van der Waals surface area contributed by atoms with Crippen molar-refractivity contribution in [3.8, 4) is 0 Å². The van der Waals surface area contributed by atoms with Crippen LogP contribution in [0.5, 0.6) is 0 Å². The molecule has 0 bridgehead atoms. The molecular formula is C108H114HgN12Pt6-2. The van der Waals surface area contributed by atoms with Gasteiger partial charge >= 0.3 is 42.1 Å². The molecule has 0 aliphatic carbocycles. The summed E-state index contributed by atoms with van der Waals surface area (Å²) in [6.07, 6.45) is 0. The van der Waals surface area contributed by atoms with Crippen molar-refractivity contribution >= 4 is 109 Å². The third kappa shape index (κ3) is 46.0. The van der Waals surface area contributed by atoms with Crippen LogP contribution in [0.4, 0.5) is 68.2 Å². The molecule has 0 saturated heterocycles. The Labute approximate surface area is 869 Å². The van der Waals surface area contributed by atoms with Crippen molar-refractivity contribution in [3.63, 3.8) is 0 Å². The summed E-state index contributed by atoms with van der Waals surface area (Å²) in [5.41, 5.74) is 36.5. The average Bonchev–Trinajstić information content (AvgIpc) is 3.70. The molecular weight excluding hydrogens is 2840 g/mol. The number of nitrogens with zero attached hydrogens (tertiary/aromatic N) is 12. The molecule has 0 fully saturated rings. The quantitative estimate of drug-likeness (QED) is 0.0900. The molecule has 0 amide bonds. The van der Waals surface area contributed by atoms with Gasteiger partial charge in [0.1, 0.15) is 0 Å². The van der Waals surface area contributed by atoms with E-state index in [-0.39, 0.29) is 154 Å². The summed E-state index contributed by atoms with van der Waals surface area (Å²) < 4.78 is 0. The summed E-state index contributed by atoms with van der Waals surface area (Å²) in [7, 11) is 0. The third-order valence-electron chi connectivity index (χ3n) is 18.7. The van der Waals surface area contributed by atoms with E-state index in [1.807, 2.05) is 385 Å². The Morgan fingerprint density at radius 2 is 0.220 bits per heavy atom. The van der Waals surface area contributed by atoms with Gasteiger partial charge < -0.3 is 30.0 Å². The summed E-state index contributed by atoms with van der Waals surface area (Å²) in [6, 6.07) is 71.3. The largest absolute Gasteiger partial charge is 2.00 e. The zero-order valence-corrected chi connectivity index (χ0v) is 96.4. The molecule has 0 radical (unpaired) electrons. The van der Waals surface area contributed by atoms with Gasteiger partial charge in [0.15, 0.2) is 34.1 Å². The first kappa shape index (κ1) is 131. The maximum atomic E-state index is 6.85. The topological polar surface area (TPSA) is 100 Å². The Morgan fingerprint density at radius 3 is 0.260 bits per heavy atom. The van der Waals surface area contributed by atoms with Crippen molar-refractivity contribution < 1.29 is 154 Å². The molecule has 0 aromatic heterocycles. The van der Waals surface area contributed by atoms with Crippen LogP contribution in [-0.2, 0) is 154 Å². The van der Waals surface area contributed by atoms with Gasteiger partial charge in [-0.25, -0.2) is 29.1 Å². The molecule has 0 aliphatic heterocycles. The predicted molar refractivity (Wildman–Crippen MR) is 517 cm³/mol. The van der Waals surface area contributed by atoms with E-state index in [4.69, 9.17) is 79.7 Å². The van der Waals surface area contributed by atoms with Crippen LogP contribution >= 0.6 is 0 Å². The Morgan fingerprint density at radius 1 is 0.157 bits per heavy atom. The van der Waals surface area contributed by atoms with Crippen LogP contribution < -0.4 is 0 Å². The SMILES string of the molecule is [C-]#[N+]c1c(C)cccc1C.[C-]#[N+]c1c(C)cccc1C.[C-]#[N+]c1c(C)cccc1C.[C-]#[N+]c1c(C)cccc1C.[C-]#[N+]c1c(C)cccc1C.[C-]#[N+]c1c(C)cccc1C.[CH-]=Nc1c(C)cccc1C.[CH-]=Nc1c(C)cccc1C.[CH-]=Nc1c(C)cccc1C.[CH-]=Nc1c(C)cccc1C.[CH-]=Nc1c(C)cccc1C.[CH-]=Nc1c(C)cccc1C.[Hg].[Pt+2].[Pt+2].[Pt].[Pt].[Pt].[Pt]. The van der Waals surface area contributed by atoms with Gasteiger partial charge in [-0.2, -0.15) is 40.3 Å². The van der Waals surface area contributed by atoms with Crippen LogP contribution in [0.25, 0.3) is 29.1 Å². The molecule has 0 saturated carbocycles. The van der Waals surface area contributed by atoms with Gasteiger partial charge in [0.2, 0.25) is 0 Å². The van der Waals surface area contributed by atoms with E-state index in [1.54, 1.807) is 0 Å². The van der Waals surface area contributed by atoms with Crippen LogP contribution in [0.1, 0.15) is 134 Å². The minimum Gasteiger partial charge on any atom is -0.459 e. The molecule has 0 unspecified atom stereocenters. The van der Waals surface area contributed by atoms with Crippen molar-refractivity contribution in [2.24, 2.45) is 30.0 Å². The van der Waals surface area contributed by atoms with E-state index in [1.165, 1.54) is 0 Å². The first-order chi connectivity index (χ1) is 57.0. The Balaban J connectivity index is -0.000000246. The fourth-order valence-corrected chi connectivity index (χ4v) is 11.9. The molecule has 12 aromatic rings. The summed E-state index contributed by atoms with van der Waals surface area (Å²) in [5.74, 6) is 0. The van der Waals surface area contributed by atoms with E-state index < -0.39 is 0 Å². The first-order valence-corrected chi connectivity index (χ1v) is 38.5. The van der Waals surface area contributed by atoms with Crippen LogP contribution in [0.2, 0.25) is 0 Å². The van der Waals surface area contributed by atoms with Crippen LogP contribution in [0.15, 0.2) is 248 Å². The summed E-state index contributed by atoms with van der Waals surface area (Å²) in [6.45, 7) is 120. The Kier molecular flexibility index (Phi) is 74.7. The molecule has 670 valence electrons. The molecule has 0 aliphatic rings. The standard InChI is InChI=1S/6C9H10N.6C9H9N.Hg.6Pt/c12*1-7-5-4-6-8(2)9(7)10-3;;;;;;;/h6*3-6H,1-2H3;6*4-6H,1-2H3;;;;;;;/q6*-1;;;;;;;;;;;;2*+2. The second-order valence-electron chi connectivity index (χ2n) is 28.3. The molecule has 12 nitrogen and oxygen atoms in total. The molecule has 12 rings (SSSR count). The van der Waals surface area contributed by atoms with E-state index in [0.717, 1.165) is 202 Å². The smallest absolute Gasteiger partial charge is 0.459 e. The number of hydrogen-bond donors (Lipinski definition) is 0. The zero-order valence-electron chi connectivity index (χ0n) is 77.2. The molecule has 127 heavy (non-hydrogen) atoms. The number of aryl methyl sites for hydroxylation is 24. The van der Waals surface area contributed by atoms with Gasteiger partial charge in [-0.15, -0.1) is 66.8 Å². The molecule has 12 aromatic carbocycles. The molecule has 0 atom stereocenters. The molecule has 0 heterocycles. The van der Waals surface area contributed by atoms with E-state index >= 15 is 0 Å². The van der Waals surface area contributed by atoms with Gasteiger partial charge in [-0.1, -0.05) is 336 Å². The number of rotatable bonds is 6. The average molecular weight is 2950 g/mol. The van der Waals surface area contributed by atoms with Crippen molar-refractivity contribution in [1.29, 1.82) is 0 Å². The van der Waals surface area contributed by atoms with Gasteiger partial charge in [0, 0.05) is 112 Å². The fourth-order valence-electron chi connectivity index (χ4n) is 11.9. The predicted octanol–water partition coefficient (Wildman–Crippen LogP) is 32.2. The molecule has 0 N–H and O–H groups in total. The van der Waals surface area contributed by atoms with Crippen molar-refractivity contribution in [2.75, 3.05) is 0 Å². The van der Waals surface area contributed by atoms with Crippen molar-refractivity contribution in [2.45, 2.75) is 166 Å². The van der Waals surface area contributed by atoms with Crippen LogP contribution in [0, 0.1) is 206 Å². The van der Waals surface area contributed by atoms with E-state index in [2.05, 4.69) is 59.0 Å². The maximum absolute atomic E-state index is 6.85. The fraction of sp³-hybridized carbons (Fsp3) is 0.222. The van der Waals surface area contributed by atoms with Crippen molar-refractivity contribution in [3.05, 3.63) is 420 Å². The van der Waals surface area contributed by atoms with Gasteiger partial charge in [-0.05, 0) is 150 Å². The first-order valence-electron chi connectivity index (χ1n) is 38.5. The number of para-hydroxylation sites is 12. The zero-order chi connectivity index (χ0) is 90.7. The molecule has 19 heteroatoms. The van der Waals surface area contributed by atoms with Gasteiger partial charge in [0.25, 0.3) is 0 Å². The summed E-state index contributed by atoms with van der Waals surface area (Å²) in [5, 5.41) is 0. The summed E-state index contributed by atoms with van der Waals surface area (Å²) >= 11 is 0. The molecule has 0 spiro atoms. The second-order valence-corrected chi connectivity index (χ2v) is 28.3. The normalized spacial score (nSPS) is 8.65.